The Hall–Kier alpha value is 0.137. The molecule has 0 N–H and O–H groups in total. The summed E-state index contributed by atoms with van der Waals surface area (Å²) in [5, 5.41) is 11.1. The van der Waals surface area contributed by atoms with Gasteiger partial charge in [0.15, 0.2) is 0 Å². The third-order valence-corrected chi connectivity index (χ3v) is 2.84. The summed E-state index contributed by atoms with van der Waals surface area (Å²) in [5.41, 5.74) is -0.180. The molecule has 0 bridgehead atoms. The molecule has 0 aromatic rings. The van der Waals surface area contributed by atoms with Crippen molar-refractivity contribution >= 4 is 8.96 Å². The second-order valence-corrected chi connectivity index (χ2v) is 6.25. The third-order valence-electron chi connectivity index (χ3n) is 1.13. The molecule has 0 amide bonds. The fourth-order valence-electron chi connectivity index (χ4n) is 0.775. The number of hydroxylamine groups is 1. The number of rotatable bonds is 1. The first kappa shape index (κ1) is 9.14. The maximum absolute atomic E-state index is 11.1. The molecule has 0 aromatic carbocycles. The first-order chi connectivity index (χ1) is 3.85. The molecule has 9 heavy (non-hydrogen) atoms. The zero-order valence-electron chi connectivity index (χ0n) is 6.93. The van der Waals surface area contributed by atoms with Crippen LogP contribution in [-0.2, 0) is 0 Å². The zero-order chi connectivity index (χ0) is 7.65. The second kappa shape index (κ2) is 2.81. The number of nitrogens with zero attached hydrogens (tertiary/aromatic N) is 1. The molecule has 0 saturated carbocycles. The lowest BCUT2D eigenvalue weighted by Gasteiger charge is -2.44. The Balaban J connectivity index is 3.88. The van der Waals surface area contributed by atoms with Crippen molar-refractivity contribution in [2.45, 2.75) is 39.4 Å². The van der Waals surface area contributed by atoms with E-state index < -0.39 is 8.96 Å². The summed E-state index contributed by atoms with van der Waals surface area (Å²) in [6.45, 7) is 9.93. The quantitative estimate of drug-likeness (QED) is 0.414. The van der Waals surface area contributed by atoms with Gasteiger partial charge < -0.3 is 9.94 Å². The molecule has 0 aliphatic heterocycles. The molecule has 56 valence electrons. The van der Waals surface area contributed by atoms with Crippen LogP contribution in [0.2, 0.25) is 13.1 Å². The van der Waals surface area contributed by atoms with Gasteiger partial charge in [0.2, 0.25) is 0 Å². The van der Waals surface area contributed by atoms with E-state index in [0.717, 1.165) is 0 Å². The summed E-state index contributed by atoms with van der Waals surface area (Å²) in [4.78, 5) is 0. The molecule has 0 rings (SSSR count). The van der Waals surface area contributed by atoms with Crippen molar-refractivity contribution in [3.63, 3.8) is 0 Å². The largest absolute Gasteiger partial charge is 0.792 e. The molecular formula is C6H16NOSi-. The second-order valence-electron chi connectivity index (χ2n) is 3.59. The summed E-state index contributed by atoms with van der Waals surface area (Å²) < 4.78 is 1.24. The van der Waals surface area contributed by atoms with E-state index >= 15 is 0 Å². The van der Waals surface area contributed by atoms with Gasteiger partial charge >= 0.3 is 0 Å². The van der Waals surface area contributed by atoms with Crippen molar-refractivity contribution in [3.05, 3.63) is 5.21 Å². The van der Waals surface area contributed by atoms with Gasteiger partial charge in [0.1, 0.15) is 0 Å². The van der Waals surface area contributed by atoms with Crippen molar-refractivity contribution in [1.29, 1.82) is 0 Å². The van der Waals surface area contributed by atoms with Crippen molar-refractivity contribution in [1.82, 2.24) is 4.73 Å². The molecule has 0 radical (unpaired) electrons. The normalized spacial score (nSPS) is 13.3. The van der Waals surface area contributed by atoms with Gasteiger partial charge in [-0.2, -0.15) is 0 Å². The molecular weight excluding hydrogens is 130 g/mol. The van der Waals surface area contributed by atoms with Crippen LogP contribution in [0, 0.1) is 5.21 Å². The summed E-state index contributed by atoms with van der Waals surface area (Å²) >= 11 is 0. The van der Waals surface area contributed by atoms with Gasteiger partial charge in [-0.15, -0.1) is 0 Å². The zero-order valence-corrected chi connectivity index (χ0v) is 8.09. The molecule has 0 atom stereocenters. The molecule has 0 aliphatic rings. The van der Waals surface area contributed by atoms with E-state index in [4.69, 9.17) is 0 Å². The molecule has 0 spiro atoms. The average molecular weight is 146 g/mol. The van der Waals surface area contributed by atoms with Crippen molar-refractivity contribution < 1.29 is 0 Å². The van der Waals surface area contributed by atoms with Gasteiger partial charge in [-0.1, -0.05) is 13.1 Å². The first-order valence-electron chi connectivity index (χ1n) is 3.32. The summed E-state index contributed by atoms with van der Waals surface area (Å²) in [6, 6.07) is 0. The lowest BCUT2D eigenvalue weighted by atomic mass is 10.1. The molecule has 0 aliphatic carbocycles. The standard InChI is InChI=1S/C6H16NOSi/c1-6(2,3)7(8)9(4)5/h9H,1-5H3/q-1. The molecule has 0 aromatic heterocycles. The van der Waals surface area contributed by atoms with Crippen molar-refractivity contribution in [2.24, 2.45) is 0 Å². The van der Waals surface area contributed by atoms with E-state index in [9.17, 15) is 5.21 Å². The van der Waals surface area contributed by atoms with Crippen molar-refractivity contribution in [2.75, 3.05) is 0 Å². The maximum Gasteiger partial charge on any atom is 0.0928 e. The fourth-order valence-corrected chi connectivity index (χ4v) is 2.32. The minimum absolute atomic E-state index is 0.180. The lowest BCUT2D eigenvalue weighted by molar-refractivity contribution is 0.325. The van der Waals surface area contributed by atoms with Crippen LogP contribution in [0.15, 0.2) is 0 Å². The summed E-state index contributed by atoms with van der Waals surface area (Å²) in [7, 11) is -1.11. The van der Waals surface area contributed by atoms with Gasteiger partial charge in [-0.25, -0.2) is 0 Å². The highest BCUT2D eigenvalue weighted by molar-refractivity contribution is 6.52. The van der Waals surface area contributed by atoms with Gasteiger partial charge in [-0.3, -0.25) is 0 Å². The van der Waals surface area contributed by atoms with E-state index in [1.807, 2.05) is 33.9 Å². The Kier molecular flexibility index (Phi) is 2.86. The Morgan fingerprint density at radius 1 is 1.22 bits per heavy atom. The topological polar surface area (TPSA) is 26.3 Å². The molecule has 2 nitrogen and oxygen atoms in total. The van der Waals surface area contributed by atoms with Crippen LogP contribution in [0.4, 0.5) is 0 Å². The third kappa shape index (κ3) is 2.98. The van der Waals surface area contributed by atoms with Gasteiger partial charge in [-0.05, 0) is 26.3 Å². The summed E-state index contributed by atoms with van der Waals surface area (Å²) in [6.07, 6.45) is 0. The monoisotopic (exact) mass is 146 g/mol. The van der Waals surface area contributed by atoms with Crippen molar-refractivity contribution in [3.8, 4) is 0 Å². The molecule has 0 fully saturated rings. The first-order valence-corrected chi connectivity index (χ1v) is 6.14. The number of hydrogen-bond acceptors (Lipinski definition) is 2. The Morgan fingerprint density at radius 3 is 1.56 bits per heavy atom. The highest BCUT2D eigenvalue weighted by Gasteiger charge is 2.14. The van der Waals surface area contributed by atoms with Crippen LogP contribution in [0.3, 0.4) is 0 Å². The molecule has 0 unspecified atom stereocenters. The fraction of sp³-hybridized carbons (Fsp3) is 1.00. The van der Waals surface area contributed by atoms with E-state index in [2.05, 4.69) is 0 Å². The Labute approximate surface area is 59.1 Å². The minimum Gasteiger partial charge on any atom is -0.792 e. The van der Waals surface area contributed by atoms with Crippen LogP contribution in [0.1, 0.15) is 20.8 Å². The Bertz CT molecular complexity index is 87.5. The van der Waals surface area contributed by atoms with E-state index in [0.29, 0.717) is 0 Å². The van der Waals surface area contributed by atoms with Gasteiger partial charge in [0.25, 0.3) is 0 Å². The predicted octanol–water partition coefficient (Wildman–Crippen LogP) is 1.57. The van der Waals surface area contributed by atoms with E-state index in [1.54, 1.807) is 0 Å². The SMILES string of the molecule is C[SiH](C)N([O-])C(C)(C)C. The highest BCUT2D eigenvalue weighted by atomic mass is 28.3. The Morgan fingerprint density at radius 2 is 1.56 bits per heavy atom. The molecule has 3 heteroatoms. The molecule has 0 saturated heterocycles. The van der Waals surface area contributed by atoms with E-state index in [1.165, 1.54) is 4.73 Å². The highest BCUT2D eigenvalue weighted by Crippen LogP contribution is 2.12. The van der Waals surface area contributed by atoms with Crippen LogP contribution >= 0.6 is 0 Å². The van der Waals surface area contributed by atoms with Crippen LogP contribution in [0.5, 0.6) is 0 Å². The van der Waals surface area contributed by atoms with Gasteiger partial charge in [0, 0.05) is 0 Å². The predicted molar refractivity (Wildman–Crippen MR) is 43.8 cm³/mol. The van der Waals surface area contributed by atoms with Crippen LogP contribution < -0.4 is 0 Å². The summed E-state index contributed by atoms with van der Waals surface area (Å²) in [5.74, 6) is 0. The lowest BCUT2D eigenvalue weighted by Crippen LogP contribution is -2.43. The number of hydrogen-bond donors (Lipinski definition) is 0. The van der Waals surface area contributed by atoms with Crippen LogP contribution in [0.25, 0.3) is 0 Å². The minimum atomic E-state index is -1.11. The van der Waals surface area contributed by atoms with Gasteiger partial charge in [0.05, 0.1) is 8.96 Å². The molecule has 0 heterocycles. The van der Waals surface area contributed by atoms with E-state index in [-0.39, 0.29) is 5.54 Å². The van der Waals surface area contributed by atoms with Crippen LogP contribution in [-0.4, -0.2) is 19.2 Å². The smallest absolute Gasteiger partial charge is 0.0928 e. The average Bonchev–Trinajstić information content (AvgIpc) is 1.62. The maximum atomic E-state index is 11.1.